The minimum Gasteiger partial charge on any atom is -0.386 e. The predicted molar refractivity (Wildman–Crippen MR) is 64.2 cm³/mol. The van der Waals surface area contributed by atoms with Gasteiger partial charge in [0.05, 0.1) is 11.4 Å². The standard InChI is InChI=1S/C11H21NO4S/c1-9-11(13,6-7-16-9)8-12-17(14,15)10-4-2-3-5-10/h9-10,12-13H,2-8H2,1H3. The Morgan fingerprint density at radius 2 is 2.06 bits per heavy atom. The van der Waals surface area contributed by atoms with Crippen LogP contribution in [0.5, 0.6) is 0 Å². The summed E-state index contributed by atoms with van der Waals surface area (Å²) in [5.41, 5.74) is -1.05. The van der Waals surface area contributed by atoms with Gasteiger partial charge in [-0.25, -0.2) is 13.1 Å². The lowest BCUT2D eigenvalue weighted by Crippen LogP contribution is -2.49. The van der Waals surface area contributed by atoms with Gasteiger partial charge in [-0.1, -0.05) is 12.8 Å². The Morgan fingerprint density at radius 3 is 2.59 bits per heavy atom. The zero-order chi connectivity index (χ0) is 12.5. The lowest BCUT2D eigenvalue weighted by molar-refractivity contribution is -0.0228. The van der Waals surface area contributed by atoms with E-state index in [0.717, 1.165) is 25.7 Å². The minimum atomic E-state index is -3.27. The van der Waals surface area contributed by atoms with Crippen molar-refractivity contribution in [2.24, 2.45) is 0 Å². The minimum absolute atomic E-state index is 0.0625. The molecule has 1 aliphatic heterocycles. The summed E-state index contributed by atoms with van der Waals surface area (Å²) in [6, 6.07) is 0. The third-order valence-corrected chi connectivity index (χ3v) is 5.88. The molecule has 1 heterocycles. The van der Waals surface area contributed by atoms with Crippen LogP contribution in [0.4, 0.5) is 0 Å². The van der Waals surface area contributed by atoms with E-state index in [1.165, 1.54) is 0 Å². The molecule has 2 rings (SSSR count). The Hall–Kier alpha value is -0.170. The Morgan fingerprint density at radius 1 is 1.41 bits per heavy atom. The molecule has 0 radical (unpaired) electrons. The van der Waals surface area contributed by atoms with Crippen molar-refractivity contribution < 1.29 is 18.3 Å². The van der Waals surface area contributed by atoms with Crippen molar-refractivity contribution in [3.63, 3.8) is 0 Å². The van der Waals surface area contributed by atoms with Crippen LogP contribution in [0.15, 0.2) is 0 Å². The molecule has 0 bridgehead atoms. The van der Waals surface area contributed by atoms with Crippen molar-refractivity contribution in [2.45, 2.75) is 56.0 Å². The second-order valence-electron chi connectivity index (χ2n) is 5.14. The highest BCUT2D eigenvalue weighted by atomic mass is 32.2. The third-order valence-electron chi connectivity index (χ3n) is 3.98. The molecule has 0 aromatic heterocycles. The van der Waals surface area contributed by atoms with E-state index in [0.29, 0.717) is 13.0 Å². The summed E-state index contributed by atoms with van der Waals surface area (Å²) in [5.74, 6) is 0. The van der Waals surface area contributed by atoms with Crippen LogP contribution in [-0.4, -0.2) is 43.6 Å². The maximum atomic E-state index is 12.0. The number of ether oxygens (including phenoxy) is 1. The van der Waals surface area contributed by atoms with Gasteiger partial charge in [-0.15, -0.1) is 0 Å². The number of hydrogen-bond donors (Lipinski definition) is 2. The molecule has 2 aliphatic rings. The van der Waals surface area contributed by atoms with Crippen molar-refractivity contribution >= 4 is 10.0 Å². The average Bonchev–Trinajstić information content (AvgIpc) is 2.88. The first-order chi connectivity index (χ1) is 7.94. The highest BCUT2D eigenvalue weighted by Crippen LogP contribution is 2.27. The Kier molecular flexibility index (Phi) is 3.77. The summed E-state index contributed by atoms with van der Waals surface area (Å²) in [7, 11) is -3.27. The van der Waals surface area contributed by atoms with Crippen LogP contribution in [-0.2, 0) is 14.8 Å². The van der Waals surface area contributed by atoms with E-state index in [9.17, 15) is 13.5 Å². The molecule has 2 unspecified atom stereocenters. The molecule has 0 spiro atoms. The Bertz CT molecular complexity index is 364. The van der Waals surface area contributed by atoms with E-state index >= 15 is 0 Å². The van der Waals surface area contributed by atoms with E-state index in [1.54, 1.807) is 6.92 Å². The van der Waals surface area contributed by atoms with Gasteiger partial charge in [-0.05, 0) is 19.8 Å². The molecule has 0 amide bonds. The van der Waals surface area contributed by atoms with Crippen molar-refractivity contribution in [1.82, 2.24) is 4.72 Å². The molecule has 0 aromatic rings. The molecule has 100 valence electrons. The SMILES string of the molecule is CC1OCCC1(O)CNS(=O)(=O)C1CCCC1. The van der Waals surface area contributed by atoms with Gasteiger partial charge in [0.1, 0.15) is 5.60 Å². The van der Waals surface area contributed by atoms with Crippen molar-refractivity contribution in [3.05, 3.63) is 0 Å². The van der Waals surface area contributed by atoms with Gasteiger partial charge in [0.15, 0.2) is 0 Å². The lowest BCUT2D eigenvalue weighted by Gasteiger charge is -2.26. The van der Waals surface area contributed by atoms with Crippen LogP contribution in [0.1, 0.15) is 39.0 Å². The van der Waals surface area contributed by atoms with Crippen LogP contribution >= 0.6 is 0 Å². The summed E-state index contributed by atoms with van der Waals surface area (Å²) in [4.78, 5) is 0. The van der Waals surface area contributed by atoms with Gasteiger partial charge in [0.25, 0.3) is 0 Å². The quantitative estimate of drug-likeness (QED) is 0.769. The zero-order valence-electron chi connectivity index (χ0n) is 10.2. The van der Waals surface area contributed by atoms with Crippen LogP contribution in [0.3, 0.4) is 0 Å². The monoisotopic (exact) mass is 263 g/mol. The highest BCUT2D eigenvalue weighted by Gasteiger charge is 2.41. The van der Waals surface area contributed by atoms with Gasteiger partial charge >= 0.3 is 0 Å². The van der Waals surface area contributed by atoms with Crippen LogP contribution in [0.25, 0.3) is 0 Å². The van der Waals surface area contributed by atoms with Gasteiger partial charge < -0.3 is 9.84 Å². The zero-order valence-corrected chi connectivity index (χ0v) is 11.0. The van der Waals surface area contributed by atoms with Gasteiger partial charge in [0.2, 0.25) is 10.0 Å². The first-order valence-electron chi connectivity index (χ1n) is 6.26. The van der Waals surface area contributed by atoms with E-state index in [1.807, 2.05) is 0 Å². The number of sulfonamides is 1. The summed E-state index contributed by atoms with van der Waals surface area (Å²) < 4.78 is 31.8. The first-order valence-corrected chi connectivity index (χ1v) is 7.81. The molecule has 6 heteroatoms. The smallest absolute Gasteiger partial charge is 0.214 e. The molecule has 2 atom stereocenters. The summed E-state index contributed by atoms with van der Waals surface area (Å²) in [6.07, 6.45) is 3.61. The predicted octanol–water partition coefficient (Wildman–Crippen LogP) is 0.388. The van der Waals surface area contributed by atoms with E-state index in [4.69, 9.17) is 4.74 Å². The van der Waals surface area contributed by atoms with Crippen LogP contribution < -0.4 is 4.72 Å². The second kappa shape index (κ2) is 4.84. The molecule has 1 saturated carbocycles. The number of hydrogen-bond acceptors (Lipinski definition) is 4. The lowest BCUT2D eigenvalue weighted by atomic mass is 9.97. The Balaban J connectivity index is 1.93. The van der Waals surface area contributed by atoms with E-state index in [-0.39, 0.29) is 17.9 Å². The van der Waals surface area contributed by atoms with Gasteiger partial charge in [-0.2, -0.15) is 0 Å². The molecule has 0 aromatic carbocycles. The topological polar surface area (TPSA) is 75.6 Å². The fourth-order valence-electron chi connectivity index (χ4n) is 2.55. The second-order valence-corrected chi connectivity index (χ2v) is 7.18. The maximum Gasteiger partial charge on any atom is 0.214 e. The summed E-state index contributed by atoms with van der Waals surface area (Å²) in [5, 5.41) is 9.94. The Labute approximate surface area is 103 Å². The molecular weight excluding hydrogens is 242 g/mol. The molecule has 2 N–H and O–H groups in total. The number of nitrogens with one attached hydrogen (secondary N) is 1. The molecule has 1 saturated heterocycles. The molecule has 5 nitrogen and oxygen atoms in total. The maximum absolute atomic E-state index is 12.0. The number of aliphatic hydroxyl groups is 1. The molecule has 2 fully saturated rings. The van der Waals surface area contributed by atoms with Gasteiger partial charge in [-0.3, -0.25) is 0 Å². The van der Waals surface area contributed by atoms with E-state index < -0.39 is 15.6 Å². The third kappa shape index (κ3) is 2.81. The summed E-state index contributed by atoms with van der Waals surface area (Å²) in [6.45, 7) is 2.33. The molecular formula is C11H21NO4S. The fourth-order valence-corrected chi connectivity index (χ4v) is 4.19. The normalized spacial score (nSPS) is 35.5. The van der Waals surface area contributed by atoms with Crippen molar-refractivity contribution in [3.8, 4) is 0 Å². The van der Waals surface area contributed by atoms with Crippen LogP contribution in [0.2, 0.25) is 0 Å². The average molecular weight is 263 g/mol. The highest BCUT2D eigenvalue weighted by molar-refractivity contribution is 7.90. The van der Waals surface area contributed by atoms with E-state index in [2.05, 4.69) is 4.72 Å². The van der Waals surface area contributed by atoms with Crippen molar-refractivity contribution in [1.29, 1.82) is 0 Å². The largest absolute Gasteiger partial charge is 0.386 e. The van der Waals surface area contributed by atoms with Crippen LogP contribution in [0, 0.1) is 0 Å². The molecule has 1 aliphatic carbocycles. The summed E-state index contributed by atoms with van der Waals surface area (Å²) >= 11 is 0. The van der Waals surface area contributed by atoms with Gasteiger partial charge in [0, 0.05) is 19.6 Å². The number of rotatable bonds is 4. The fraction of sp³-hybridized carbons (Fsp3) is 1.00. The molecule has 17 heavy (non-hydrogen) atoms. The first kappa shape index (κ1) is 13.3. The van der Waals surface area contributed by atoms with Crippen molar-refractivity contribution in [2.75, 3.05) is 13.2 Å².